The van der Waals surface area contributed by atoms with Crippen LogP contribution in [0.25, 0.3) is 0 Å². The van der Waals surface area contributed by atoms with Gasteiger partial charge in [-0.15, -0.1) is 0 Å². The molecule has 0 bridgehead atoms. The summed E-state index contributed by atoms with van der Waals surface area (Å²) < 4.78 is 0. The maximum Gasteiger partial charge on any atom is 0.257 e. The van der Waals surface area contributed by atoms with Crippen LogP contribution in [0.15, 0.2) is 31.0 Å². The molecule has 1 aliphatic heterocycles. The molecular formula is C16H20N6O. The summed E-state index contributed by atoms with van der Waals surface area (Å²) in [5.74, 6) is 1.08. The van der Waals surface area contributed by atoms with Gasteiger partial charge in [0, 0.05) is 37.6 Å². The van der Waals surface area contributed by atoms with E-state index < -0.39 is 0 Å². The molecule has 1 amide bonds. The van der Waals surface area contributed by atoms with Crippen LogP contribution in [0, 0.1) is 0 Å². The number of nitrogens with one attached hydrogen (secondary N) is 1. The van der Waals surface area contributed by atoms with Crippen molar-refractivity contribution in [3.8, 4) is 0 Å². The average molecular weight is 312 g/mol. The lowest BCUT2D eigenvalue weighted by Crippen LogP contribution is -2.48. The van der Waals surface area contributed by atoms with E-state index in [0.29, 0.717) is 17.6 Å². The molecule has 0 atom stereocenters. The number of rotatable bonds is 4. The molecule has 1 aliphatic carbocycles. The molecule has 1 N–H and O–H groups in total. The summed E-state index contributed by atoms with van der Waals surface area (Å²) in [6.45, 7) is 1.56. The van der Waals surface area contributed by atoms with E-state index in [4.69, 9.17) is 0 Å². The quantitative estimate of drug-likeness (QED) is 0.925. The second-order valence-electron chi connectivity index (χ2n) is 6.22. The standard InChI is InChI=1S/C16H20N6O/c23-16(12-9-19-20-10-12)21-7-4-14(5-8-21)22(13-1-2-13)15-3-6-17-11-18-15/h3,6,9-11,13-14H,1-2,4-5,7-8H2,(H,19,20). The monoisotopic (exact) mass is 312 g/mol. The summed E-state index contributed by atoms with van der Waals surface area (Å²) >= 11 is 0. The molecule has 7 heteroatoms. The van der Waals surface area contributed by atoms with Gasteiger partial charge >= 0.3 is 0 Å². The highest BCUT2D eigenvalue weighted by molar-refractivity contribution is 5.93. The SMILES string of the molecule is O=C(c1cn[nH]c1)N1CCC(N(c2ccncn2)C2CC2)CC1. The van der Waals surface area contributed by atoms with Crippen LogP contribution in [0.1, 0.15) is 36.0 Å². The summed E-state index contributed by atoms with van der Waals surface area (Å²) in [6.07, 6.45) is 11.1. The van der Waals surface area contributed by atoms with E-state index in [1.54, 1.807) is 24.9 Å². The number of piperidine rings is 1. The first-order chi connectivity index (χ1) is 11.3. The Morgan fingerprint density at radius 3 is 2.61 bits per heavy atom. The van der Waals surface area contributed by atoms with Gasteiger partial charge in [0.05, 0.1) is 11.8 Å². The number of hydrogen-bond acceptors (Lipinski definition) is 5. The molecule has 0 spiro atoms. The molecule has 1 saturated carbocycles. The molecule has 3 heterocycles. The van der Waals surface area contributed by atoms with Crippen molar-refractivity contribution in [3.05, 3.63) is 36.5 Å². The average Bonchev–Trinajstić information content (AvgIpc) is 3.28. The normalized spacial score (nSPS) is 18.9. The number of carbonyl (C=O) groups excluding carboxylic acids is 1. The highest BCUT2D eigenvalue weighted by Gasteiger charge is 2.37. The van der Waals surface area contributed by atoms with Crippen LogP contribution in [0.3, 0.4) is 0 Å². The Morgan fingerprint density at radius 2 is 2.00 bits per heavy atom. The number of carbonyl (C=O) groups is 1. The van der Waals surface area contributed by atoms with Gasteiger partial charge in [-0.25, -0.2) is 9.97 Å². The molecule has 0 radical (unpaired) electrons. The van der Waals surface area contributed by atoms with Crippen molar-refractivity contribution in [1.29, 1.82) is 0 Å². The van der Waals surface area contributed by atoms with E-state index >= 15 is 0 Å². The summed E-state index contributed by atoms with van der Waals surface area (Å²) in [7, 11) is 0. The van der Waals surface area contributed by atoms with Gasteiger partial charge in [0.25, 0.3) is 5.91 Å². The minimum absolute atomic E-state index is 0.0669. The molecule has 0 unspecified atom stereocenters. The van der Waals surface area contributed by atoms with Crippen LogP contribution < -0.4 is 4.90 Å². The summed E-state index contributed by atoms with van der Waals surface area (Å²) in [5, 5.41) is 6.56. The molecule has 7 nitrogen and oxygen atoms in total. The van der Waals surface area contributed by atoms with Crippen molar-refractivity contribution in [2.45, 2.75) is 37.8 Å². The van der Waals surface area contributed by atoms with Crippen LogP contribution in [0.5, 0.6) is 0 Å². The van der Waals surface area contributed by atoms with Crippen molar-refractivity contribution >= 4 is 11.7 Å². The topological polar surface area (TPSA) is 78.0 Å². The lowest BCUT2D eigenvalue weighted by molar-refractivity contribution is 0.0712. The third-order valence-corrected chi connectivity index (χ3v) is 4.66. The number of likely N-dealkylation sites (tertiary alicyclic amines) is 1. The van der Waals surface area contributed by atoms with Gasteiger partial charge < -0.3 is 9.80 Å². The second kappa shape index (κ2) is 5.98. The minimum Gasteiger partial charge on any atom is -0.350 e. The lowest BCUT2D eigenvalue weighted by atomic mass is 10.0. The third-order valence-electron chi connectivity index (χ3n) is 4.66. The number of H-pyrrole nitrogens is 1. The molecule has 1 saturated heterocycles. The van der Waals surface area contributed by atoms with Crippen LogP contribution in [-0.4, -0.2) is 56.1 Å². The zero-order valence-electron chi connectivity index (χ0n) is 12.9. The number of hydrogen-bond donors (Lipinski definition) is 1. The van der Waals surface area contributed by atoms with E-state index in [1.807, 2.05) is 11.0 Å². The Labute approximate surface area is 134 Å². The predicted molar refractivity (Wildman–Crippen MR) is 85.0 cm³/mol. The fraction of sp³-hybridized carbons (Fsp3) is 0.500. The predicted octanol–water partition coefficient (Wildman–Crippen LogP) is 1.47. The second-order valence-corrected chi connectivity index (χ2v) is 6.22. The van der Waals surface area contributed by atoms with E-state index in [-0.39, 0.29) is 5.91 Å². The van der Waals surface area contributed by atoms with Crippen molar-refractivity contribution in [1.82, 2.24) is 25.1 Å². The van der Waals surface area contributed by atoms with Gasteiger partial charge in [-0.05, 0) is 31.7 Å². The zero-order valence-corrected chi connectivity index (χ0v) is 12.9. The lowest BCUT2D eigenvalue weighted by Gasteiger charge is -2.39. The number of aromatic nitrogens is 4. The maximum absolute atomic E-state index is 12.4. The molecule has 4 rings (SSSR count). The molecule has 2 fully saturated rings. The van der Waals surface area contributed by atoms with Crippen LogP contribution in [0.4, 0.5) is 5.82 Å². The Bertz CT molecular complexity index is 646. The number of aromatic amines is 1. The fourth-order valence-electron chi connectivity index (χ4n) is 3.36. The van der Waals surface area contributed by atoms with Crippen molar-refractivity contribution < 1.29 is 4.79 Å². The fourth-order valence-corrected chi connectivity index (χ4v) is 3.36. The Balaban J connectivity index is 1.43. The number of anilines is 1. The van der Waals surface area contributed by atoms with E-state index in [9.17, 15) is 4.79 Å². The first-order valence-electron chi connectivity index (χ1n) is 8.15. The highest BCUT2D eigenvalue weighted by Crippen LogP contribution is 2.35. The van der Waals surface area contributed by atoms with Crippen LogP contribution in [0.2, 0.25) is 0 Å². The molecule has 23 heavy (non-hydrogen) atoms. The van der Waals surface area contributed by atoms with Gasteiger partial charge in [0.15, 0.2) is 0 Å². The summed E-state index contributed by atoms with van der Waals surface area (Å²) in [6, 6.07) is 3.04. The Hall–Kier alpha value is -2.44. The molecular weight excluding hydrogens is 292 g/mol. The first-order valence-corrected chi connectivity index (χ1v) is 8.15. The largest absolute Gasteiger partial charge is 0.350 e. The van der Waals surface area contributed by atoms with E-state index in [0.717, 1.165) is 31.7 Å². The zero-order chi connectivity index (χ0) is 15.6. The highest BCUT2D eigenvalue weighted by atomic mass is 16.2. The smallest absolute Gasteiger partial charge is 0.257 e. The van der Waals surface area contributed by atoms with E-state index in [2.05, 4.69) is 25.1 Å². The Kier molecular flexibility index (Phi) is 3.69. The van der Waals surface area contributed by atoms with Gasteiger partial charge in [-0.1, -0.05) is 0 Å². The maximum atomic E-state index is 12.4. The third kappa shape index (κ3) is 2.91. The number of nitrogens with zero attached hydrogens (tertiary/aromatic N) is 5. The van der Waals surface area contributed by atoms with Crippen LogP contribution in [-0.2, 0) is 0 Å². The van der Waals surface area contributed by atoms with Gasteiger partial charge in [0.2, 0.25) is 0 Å². The van der Waals surface area contributed by atoms with Gasteiger partial charge in [0.1, 0.15) is 12.1 Å². The Morgan fingerprint density at radius 1 is 1.22 bits per heavy atom. The summed E-state index contributed by atoms with van der Waals surface area (Å²) in [5.41, 5.74) is 0.637. The summed E-state index contributed by atoms with van der Waals surface area (Å²) in [4.78, 5) is 25.2. The van der Waals surface area contributed by atoms with Crippen molar-refractivity contribution in [2.24, 2.45) is 0 Å². The van der Waals surface area contributed by atoms with Gasteiger partial charge in [-0.3, -0.25) is 9.89 Å². The number of amides is 1. The molecule has 120 valence electrons. The van der Waals surface area contributed by atoms with Crippen molar-refractivity contribution in [2.75, 3.05) is 18.0 Å². The molecule has 0 aromatic carbocycles. The first kappa shape index (κ1) is 14.2. The minimum atomic E-state index is 0.0669. The van der Waals surface area contributed by atoms with Crippen molar-refractivity contribution in [3.63, 3.8) is 0 Å². The molecule has 2 aliphatic rings. The van der Waals surface area contributed by atoms with Gasteiger partial charge in [-0.2, -0.15) is 5.10 Å². The van der Waals surface area contributed by atoms with Crippen LogP contribution >= 0.6 is 0 Å². The molecule has 2 aromatic heterocycles. The molecule has 2 aromatic rings. The van der Waals surface area contributed by atoms with E-state index in [1.165, 1.54) is 12.8 Å².